The summed E-state index contributed by atoms with van der Waals surface area (Å²) < 4.78 is 0. The van der Waals surface area contributed by atoms with Crippen LogP contribution in [0.4, 0.5) is 0 Å². The molecule has 0 spiro atoms. The average molecular weight is 237 g/mol. The molecule has 0 saturated heterocycles. The van der Waals surface area contributed by atoms with Gasteiger partial charge in [-0.05, 0) is 17.4 Å². The van der Waals surface area contributed by atoms with E-state index in [1.165, 1.54) is 5.56 Å². The fraction of sp³-hybridized carbons (Fsp3) is 0.571. The summed E-state index contributed by atoms with van der Waals surface area (Å²) in [5.74, 6) is 0.971. The highest BCUT2D eigenvalue weighted by Crippen LogP contribution is 2.23. The molecule has 17 heavy (non-hydrogen) atoms. The van der Waals surface area contributed by atoms with Crippen molar-refractivity contribution in [2.45, 2.75) is 25.9 Å². The summed E-state index contributed by atoms with van der Waals surface area (Å²) >= 11 is 0. The molecule has 3 heteroatoms. The molecule has 96 valence electrons. The first-order valence-electron chi connectivity index (χ1n) is 6.19. The predicted molar refractivity (Wildman–Crippen MR) is 70.0 cm³/mol. The van der Waals surface area contributed by atoms with E-state index in [9.17, 15) is 5.11 Å². The van der Waals surface area contributed by atoms with Gasteiger partial charge in [0, 0.05) is 13.1 Å². The molecular formula is C14H23NO2. The fourth-order valence-electron chi connectivity index (χ4n) is 1.91. The summed E-state index contributed by atoms with van der Waals surface area (Å²) in [4.78, 5) is 0. The number of nitrogens with one attached hydrogen (secondary N) is 1. The standard InChI is InChI=1S/C14H23NO2/c1-11(2)14(9-15-8-13(17)10-16)12-6-4-3-5-7-12/h3-7,11,13-17H,8-10H2,1-2H3. The third-order valence-electron chi connectivity index (χ3n) is 2.99. The van der Waals surface area contributed by atoms with Crippen molar-refractivity contribution in [2.75, 3.05) is 19.7 Å². The van der Waals surface area contributed by atoms with E-state index in [0.717, 1.165) is 6.54 Å². The second kappa shape index (κ2) is 7.43. The van der Waals surface area contributed by atoms with Gasteiger partial charge in [0.15, 0.2) is 0 Å². The van der Waals surface area contributed by atoms with E-state index < -0.39 is 6.10 Å². The van der Waals surface area contributed by atoms with Gasteiger partial charge in [-0.15, -0.1) is 0 Å². The Morgan fingerprint density at radius 3 is 2.29 bits per heavy atom. The molecule has 1 rings (SSSR count). The van der Waals surface area contributed by atoms with Crippen molar-refractivity contribution >= 4 is 0 Å². The maximum absolute atomic E-state index is 9.27. The zero-order valence-corrected chi connectivity index (χ0v) is 10.6. The normalized spacial score (nSPS) is 14.9. The highest BCUT2D eigenvalue weighted by molar-refractivity contribution is 5.20. The second-order valence-electron chi connectivity index (χ2n) is 4.76. The molecule has 0 aliphatic heterocycles. The minimum atomic E-state index is -0.668. The molecule has 2 atom stereocenters. The molecule has 0 aliphatic rings. The van der Waals surface area contributed by atoms with Gasteiger partial charge in [0.05, 0.1) is 12.7 Å². The van der Waals surface area contributed by atoms with E-state index in [1.54, 1.807) is 0 Å². The molecule has 3 N–H and O–H groups in total. The van der Waals surface area contributed by atoms with Gasteiger partial charge < -0.3 is 15.5 Å². The minimum Gasteiger partial charge on any atom is -0.394 e. The summed E-state index contributed by atoms with van der Waals surface area (Å²) in [5.41, 5.74) is 1.31. The van der Waals surface area contributed by atoms with Crippen molar-refractivity contribution in [1.82, 2.24) is 5.32 Å². The van der Waals surface area contributed by atoms with Crippen LogP contribution in [0.5, 0.6) is 0 Å². The molecule has 0 aliphatic carbocycles. The molecular weight excluding hydrogens is 214 g/mol. The van der Waals surface area contributed by atoms with Crippen LogP contribution in [-0.4, -0.2) is 36.0 Å². The predicted octanol–water partition coefficient (Wildman–Crippen LogP) is 1.37. The van der Waals surface area contributed by atoms with E-state index in [2.05, 4.69) is 31.3 Å². The highest BCUT2D eigenvalue weighted by atomic mass is 16.3. The van der Waals surface area contributed by atoms with Crippen molar-refractivity contribution in [3.05, 3.63) is 35.9 Å². The first-order chi connectivity index (χ1) is 8.15. The van der Waals surface area contributed by atoms with E-state index >= 15 is 0 Å². The van der Waals surface area contributed by atoms with Crippen molar-refractivity contribution in [3.63, 3.8) is 0 Å². The van der Waals surface area contributed by atoms with Crippen LogP contribution < -0.4 is 5.32 Å². The quantitative estimate of drug-likeness (QED) is 0.671. The topological polar surface area (TPSA) is 52.5 Å². The summed E-state index contributed by atoms with van der Waals surface area (Å²) in [6.45, 7) is 5.46. The van der Waals surface area contributed by atoms with Crippen molar-refractivity contribution in [3.8, 4) is 0 Å². The summed E-state index contributed by atoms with van der Waals surface area (Å²) in [6, 6.07) is 10.4. The Hall–Kier alpha value is -0.900. The van der Waals surface area contributed by atoms with Crippen molar-refractivity contribution < 1.29 is 10.2 Å². The Bertz CT molecular complexity index is 300. The maximum Gasteiger partial charge on any atom is 0.0894 e. The van der Waals surface area contributed by atoms with Gasteiger partial charge in [-0.3, -0.25) is 0 Å². The lowest BCUT2D eigenvalue weighted by Crippen LogP contribution is -2.33. The average Bonchev–Trinajstić information content (AvgIpc) is 2.34. The van der Waals surface area contributed by atoms with Gasteiger partial charge in [-0.25, -0.2) is 0 Å². The van der Waals surface area contributed by atoms with Gasteiger partial charge >= 0.3 is 0 Å². The molecule has 0 radical (unpaired) electrons. The lowest BCUT2D eigenvalue weighted by molar-refractivity contribution is 0.0939. The molecule has 0 aromatic heterocycles. The Balaban J connectivity index is 2.50. The maximum atomic E-state index is 9.27. The van der Waals surface area contributed by atoms with Gasteiger partial charge in [0.1, 0.15) is 0 Å². The third-order valence-corrected chi connectivity index (χ3v) is 2.99. The molecule has 0 amide bonds. The van der Waals surface area contributed by atoms with Gasteiger partial charge in [-0.2, -0.15) is 0 Å². The van der Waals surface area contributed by atoms with Gasteiger partial charge in [0.25, 0.3) is 0 Å². The zero-order valence-electron chi connectivity index (χ0n) is 10.6. The van der Waals surface area contributed by atoms with Crippen LogP contribution in [0.25, 0.3) is 0 Å². The molecule has 3 nitrogen and oxygen atoms in total. The minimum absolute atomic E-state index is 0.190. The molecule has 1 aromatic carbocycles. The Labute approximate surface area is 103 Å². The number of aliphatic hydroxyl groups is 2. The van der Waals surface area contributed by atoms with Crippen LogP contribution in [0.2, 0.25) is 0 Å². The van der Waals surface area contributed by atoms with Crippen LogP contribution >= 0.6 is 0 Å². The van der Waals surface area contributed by atoms with Crippen LogP contribution in [-0.2, 0) is 0 Å². The molecule has 1 aromatic rings. The van der Waals surface area contributed by atoms with Crippen molar-refractivity contribution in [1.29, 1.82) is 0 Å². The smallest absolute Gasteiger partial charge is 0.0894 e. The Kier molecular flexibility index (Phi) is 6.19. The van der Waals surface area contributed by atoms with E-state index in [4.69, 9.17) is 5.11 Å². The van der Waals surface area contributed by atoms with Crippen LogP contribution in [0.3, 0.4) is 0 Å². The molecule has 0 heterocycles. The molecule has 2 unspecified atom stereocenters. The first kappa shape index (κ1) is 14.2. The summed E-state index contributed by atoms with van der Waals surface area (Å²) in [6.07, 6.45) is -0.668. The van der Waals surface area contributed by atoms with E-state index in [1.807, 2.05) is 18.2 Å². The largest absolute Gasteiger partial charge is 0.394 e. The zero-order chi connectivity index (χ0) is 12.7. The number of benzene rings is 1. The van der Waals surface area contributed by atoms with Crippen molar-refractivity contribution in [2.24, 2.45) is 5.92 Å². The Morgan fingerprint density at radius 1 is 1.12 bits per heavy atom. The first-order valence-corrected chi connectivity index (χ1v) is 6.19. The summed E-state index contributed by atoms with van der Waals surface area (Å²) in [7, 11) is 0. The van der Waals surface area contributed by atoms with E-state index in [-0.39, 0.29) is 6.61 Å². The summed E-state index contributed by atoms with van der Waals surface area (Å²) in [5, 5.41) is 21.2. The van der Waals surface area contributed by atoms with Crippen LogP contribution in [0, 0.1) is 5.92 Å². The fourth-order valence-corrected chi connectivity index (χ4v) is 1.91. The second-order valence-corrected chi connectivity index (χ2v) is 4.76. The third kappa shape index (κ3) is 4.86. The molecule has 0 saturated carbocycles. The lowest BCUT2D eigenvalue weighted by atomic mass is 9.88. The number of hydrogen-bond acceptors (Lipinski definition) is 3. The van der Waals surface area contributed by atoms with Gasteiger partial charge in [-0.1, -0.05) is 44.2 Å². The van der Waals surface area contributed by atoms with Gasteiger partial charge in [0.2, 0.25) is 0 Å². The number of hydrogen-bond donors (Lipinski definition) is 3. The number of aliphatic hydroxyl groups excluding tert-OH is 2. The van der Waals surface area contributed by atoms with E-state index in [0.29, 0.717) is 18.4 Å². The Morgan fingerprint density at radius 2 is 1.76 bits per heavy atom. The molecule has 0 bridgehead atoms. The van der Waals surface area contributed by atoms with Crippen LogP contribution in [0.15, 0.2) is 30.3 Å². The number of rotatable bonds is 7. The lowest BCUT2D eigenvalue weighted by Gasteiger charge is -2.22. The molecule has 0 fully saturated rings. The SMILES string of the molecule is CC(C)C(CNCC(O)CO)c1ccccc1. The highest BCUT2D eigenvalue weighted by Gasteiger charge is 2.15. The monoisotopic (exact) mass is 237 g/mol. The van der Waals surface area contributed by atoms with Crippen LogP contribution in [0.1, 0.15) is 25.3 Å².